The summed E-state index contributed by atoms with van der Waals surface area (Å²) in [5.41, 5.74) is 9.87. The third kappa shape index (κ3) is 2.95. The van der Waals surface area contributed by atoms with E-state index in [0.29, 0.717) is 23.0 Å². The molecule has 6 rings (SSSR count). The van der Waals surface area contributed by atoms with Crippen LogP contribution in [0.1, 0.15) is 66.1 Å². The molecular formula is C28H28N2O3. The van der Waals surface area contributed by atoms with Gasteiger partial charge in [-0.25, -0.2) is 4.79 Å². The van der Waals surface area contributed by atoms with Crippen molar-refractivity contribution in [1.29, 1.82) is 0 Å². The first-order chi connectivity index (χ1) is 16.1. The van der Waals surface area contributed by atoms with Crippen LogP contribution in [0.3, 0.4) is 0 Å². The standard InChI is InChI=1S/C28H28N2O3/c1-2-30(19-8-4-3-5-9-19)20-13-14-23-26(17-20)32-25-15-12-18(29)16-24(25)28(23)22-11-7-6-10-21(22)27(31)33-28/h6-7,10-17,19H,2-5,8-9,29H2,1H3. The highest BCUT2D eigenvalue weighted by Gasteiger charge is 2.53. The average molecular weight is 441 g/mol. The van der Waals surface area contributed by atoms with Crippen LogP contribution in [-0.2, 0) is 10.3 Å². The Labute approximate surface area is 194 Å². The lowest BCUT2D eigenvalue weighted by Gasteiger charge is -2.39. The maximum Gasteiger partial charge on any atom is 0.340 e. The van der Waals surface area contributed by atoms with Gasteiger partial charge in [0.2, 0.25) is 0 Å². The molecule has 0 bridgehead atoms. The molecule has 2 N–H and O–H groups in total. The van der Waals surface area contributed by atoms with Crippen LogP contribution in [0.5, 0.6) is 11.5 Å². The van der Waals surface area contributed by atoms with Crippen molar-refractivity contribution in [1.82, 2.24) is 0 Å². The Morgan fingerprint density at radius 3 is 2.58 bits per heavy atom. The molecule has 3 aromatic rings. The van der Waals surface area contributed by atoms with E-state index in [9.17, 15) is 4.79 Å². The molecule has 168 valence electrons. The van der Waals surface area contributed by atoms with Crippen molar-refractivity contribution in [3.8, 4) is 11.5 Å². The van der Waals surface area contributed by atoms with Crippen LogP contribution < -0.4 is 15.4 Å². The molecule has 2 heterocycles. The normalized spacial score (nSPS) is 21.1. The maximum absolute atomic E-state index is 13.0. The van der Waals surface area contributed by atoms with E-state index in [-0.39, 0.29) is 5.97 Å². The van der Waals surface area contributed by atoms with Crippen molar-refractivity contribution in [2.45, 2.75) is 50.7 Å². The molecule has 1 unspecified atom stereocenters. The highest BCUT2D eigenvalue weighted by atomic mass is 16.6. The zero-order valence-corrected chi connectivity index (χ0v) is 18.8. The molecule has 0 saturated heterocycles. The smallest absolute Gasteiger partial charge is 0.340 e. The van der Waals surface area contributed by atoms with Gasteiger partial charge in [0.1, 0.15) is 11.5 Å². The fraction of sp³-hybridized carbons (Fsp3) is 0.321. The number of nitrogens with two attached hydrogens (primary N) is 1. The number of benzene rings is 3. The lowest BCUT2D eigenvalue weighted by atomic mass is 9.77. The molecule has 1 atom stereocenters. The van der Waals surface area contributed by atoms with Gasteiger partial charge in [0, 0.05) is 46.7 Å². The van der Waals surface area contributed by atoms with Gasteiger partial charge in [-0.15, -0.1) is 0 Å². The largest absolute Gasteiger partial charge is 0.456 e. The first kappa shape index (κ1) is 20.2. The zero-order valence-electron chi connectivity index (χ0n) is 18.8. The Kier molecular flexibility index (Phi) is 4.61. The Morgan fingerprint density at radius 1 is 0.939 bits per heavy atom. The molecule has 5 heteroatoms. The minimum absolute atomic E-state index is 0.326. The van der Waals surface area contributed by atoms with Crippen LogP contribution in [0.25, 0.3) is 0 Å². The number of anilines is 2. The second kappa shape index (κ2) is 7.55. The van der Waals surface area contributed by atoms with Crippen molar-refractivity contribution in [3.05, 3.63) is 82.9 Å². The summed E-state index contributed by atoms with van der Waals surface area (Å²) in [6.45, 7) is 3.16. The topological polar surface area (TPSA) is 64.8 Å². The van der Waals surface area contributed by atoms with Crippen LogP contribution >= 0.6 is 0 Å². The van der Waals surface area contributed by atoms with Gasteiger partial charge >= 0.3 is 5.97 Å². The molecule has 1 spiro atoms. The number of carbonyl (C=O) groups is 1. The number of nitrogens with zero attached hydrogens (tertiary/aromatic N) is 1. The van der Waals surface area contributed by atoms with E-state index in [0.717, 1.165) is 34.7 Å². The monoisotopic (exact) mass is 440 g/mol. The van der Waals surface area contributed by atoms with E-state index in [2.05, 4.69) is 30.0 Å². The van der Waals surface area contributed by atoms with Crippen LogP contribution in [0, 0.1) is 0 Å². The van der Waals surface area contributed by atoms with Gasteiger partial charge in [0.25, 0.3) is 0 Å². The van der Waals surface area contributed by atoms with E-state index in [4.69, 9.17) is 15.2 Å². The third-order valence-corrected chi connectivity index (χ3v) is 7.41. The molecule has 0 radical (unpaired) electrons. The van der Waals surface area contributed by atoms with Gasteiger partial charge in [-0.2, -0.15) is 0 Å². The van der Waals surface area contributed by atoms with Gasteiger partial charge in [0.15, 0.2) is 5.60 Å². The average Bonchev–Trinajstić information content (AvgIpc) is 3.14. The SMILES string of the molecule is CCN(c1ccc2c(c1)Oc1ccc(N)cc1C21OC(=O)c2ccccc21)C1CCCCC1. The second-order valence-electron chi connectivity index (χ2n) is 9.23. The summed E-state index contributed by atoms with van der Waals surface area (Å²) in [5, 5.41) is 0. The molecule has 3 aromatic carbocycles. The molecule has 33 heavy (non-hydrogen) atoms. The number of fused-ring (bicyclic) bond motifs is 6. The molecule has 1 aliphatic carbocycles. The first-order valence-corrected chi connectivity index (χ1v) is 11.9. The molecule has 5 nitrogen and oxygen atoms in total. The minimum Gasteiger partial charge on any atom is -0.456 e. The van der Waals surface area contributed by atoms with E-state index < -0.39 is 5.60 Å². The molecule has 0 amide bonds. The van der Waals surface area contributed by atoms with Crippen molar-refractivity contribution in [2.24, 2.45) is 0 Å². The van der Waals surface area contributed by atoms with E-state index in [1.807, 2.05) is 42.5 Å². The Morgan fingerprint density at radius 2 is 1.76 bits per heavy atom. The summed E-state index contributed by atoms with van der Waals surface area (Å²) >= 11 is 0. The molecular weight excluding hydrogens is 412 g/mol. The number of rotatable bonds is 3. The van der Waals surface area contributed by atoms with Crippen molar-refractivity contribution < 1.29 is 14.3 Å². The lowest BCUT2D eigenvalue weighted by Crippen LogP contribution is -2.37. The Bertz CT molecular complexity index is 1250. The van der Waals surface area contributed by atoms with Gasteiger partial charge in [-0.1, -0.05) is 37.5 Å². The summed E-state index contributed by atoms with van der Waals surface area (Å²) in [6.07, 6.45) is 6.35. The first-order valence-electron chi connectivity index (χ1n) is 11.9. The number of ether oxygens (including phenoxy) is 2. The van der Waals surface area contributed by atoms with Crippen LogP contribution in [0.2, 0.25) is 0 Å². The van der Waals surface area contributed by atoms with Crippen LogP contribution in [0.4, 0.5) is 11.4 Å². The predicted octanol–water partition coefficient (Wildman–Crippen LogP) is 6.00. The van der Waals surface area contributed by atoms with E-state index >= 15 is 0 Å². The number of hydrogen-bond donors (Lipinski definition) is 1. The van der Waals surface area contributed by atoms with E-state index in [1.54, 1.807) is 0 Å². The molecule has 2 aliphatic heterocycles. The summed E-state index contributed by atoms with van der Waals surface area (Å²) in [6, 6.07) is 20.0. The lowest BCUT2D eigenvalue weighted by molar-refractivity contribution is 0.0224. The molecule has 3 aliphatic rings. The van der Waals surface area contributed by atoms with Crippen molar-refractivity contribution in [3.63, 3.8) is 0 Å². The van der Waals surface area contributed by atoms with E-state index in [1.165, 1.54) is 32.1 Å². The third-order valence-electron chi connectivity index (χ3n) is 7.41. The molecule has 1 fully saturated rings. The zero-order chi connectivity index (χ0) is 22.6. The Balaban J connectivity index is 1.53. The number of nitrogen functional groups attached to an aromatic ring is 1. The summed E-state index contributed by atoms with van der Waals surface area (Å²) in [7, 11) is 0. The van der Waals surface area contributed by atoms with Crippen LogP contribution in [-0.4, -0.2) is 18.6 Å². The van der Waals surface area contributed by atoms with Crippen molar-refractivity contribution >= 4 is 17.3 Å². The summed E-state index contributed by atoms with van der Waals surface area (Å²) in [5.74, 6) is 1.07. The van der Waals surface area contributed by atoms with Gasteiger partial charge in [-0.05, 0) is 56.2 Å². The minimum atomic E-state index is -1.06. The van der Waals surface area contributed by atoms with Gasteiger partial charge in [0.05, 0.1) is 5.56 Å². The quantitative estimate of drug-likeness (QED) is 0.400. The maximum atomic E-state index is 13.0. The Hall–Kier alpha value is -3.47. The predicted molar refractivity (Wildman–Crippen MR) is 129 cm³/mol. The fourth-order valence-electron chi connectivity index (χ4n) is 5.90. The van der Waals surface area contributed by atoms with Gasteiger partial charge in [-0.3, -0.25) is 0 Å². The molecule has 0 aromatic heterocycles. The van der Waals surface area contributed by atoms with Crippen molar-refractivity contribution in [2.75, 3.05) is 17.2 Å². The number of esters is 1. The summed E-state index contributed by atoms with van der Waals surface area (Å²) in [4.78, 5) is 15.5. The van der Waals surface area contributed by atoms with Crippen LogP contribution in [0.15, 0.2) is 60.7 Å². The highest BCUT2D eigenvalue weighted by Crippen LogP contribution is 2.56. The highest BCUT2D eigenvalue weighted by molar-refractivity contribution is 5.97. The van der Waals surface area contributed by atoms with Gasteiger partial charge < -0.3 is 20.1 Å². The number of carbonyl (C=O) groups excluding carboxylic acids is 1. The fourth-order valence-corrected chi connectivity index (χ4v) is 5.90. The number of hydrogen-bond acceptors (Lipinski definition) is 5. The molecule has 1 saturated carbocycles. The second-order valence-corrected chi connectivity index (χ2v) is 9.23. The summed E-state index contributed by atoms with van der Waals surface area (Å²) < 4.78 is 12.6.